The van der Waals surface area contributed by atoms with Gasteiger partial charge in [-0.25, -0.2) is 0 Å². The molecule has 3 rings (SSSR count). The summed E-state index contributed by atoms with van der Waals surface area (Å²) >= 11 is 0. The third kappa shape index (κ3) is 5.85. The number of ether oxygens (including phenoxy) is 3. The Labute approximate surface area is 181 Å². The highest BCUT2D eigenvalue weighted by molar-refractivity contribution is 6.05. The first-order chi connectivity index (χ1) is 15.0. The molecule has 1 amide bonds. The molecule has 1 N–H and O–H groups in total. The van der Waals surface area contributed by atoms with Crippen molar-refractivity contribution in [1.82, 2.24) is 0 Å². The largest absolute Gasteiger partial charge is 0.497 e. The van der Waals surface area contributed by atoms with E-state index in [0.29, 0.717) is 40.7 Å². The number of hydrogen-bond acceptors (Lipinski definition) is 5. The van der Waals surface area contributed by atoms with Gasteiger partial charge in [0.1, 0.15) is 23.9 Å². The Kier molecular flexibility index (Phi) is 7.27. The summed E-state index contributed by atoms with van der Waals surface area (Å²) in [6, 6.07) is 19.4. The first kappa shape index (κ1) is 21.9. The summed E-state index contributed by atoms with van der Waals surface area (Å²) in [4.78, 5) is 24.4. The van der Waals surface area contributed by atoms with Crippen LogP contribution >= 0.6 is 0 Å². The van der Waals surface area contributed by atoms with Crippen molar-refractivity contribution in [2.24, 2.45) is 0 Å². The van der Waals surface area contributed by atoms with E-state index in [2.05, 4.69) is 5.32 Å². The maximum Gasteiger partial charge on any atom is 0.255 e. The number of ketones is 1. The maximum absolute atomic E-state index is 12.8. The topological polar surface area (TPSA) is 73.9 Å². The van der Waals surface area contributed by atoms with Crippen molar-refractivity contribution in [3.8, 4) is 17.2 Å². The number of Topliss-reactive ketones (excluding diaryl/α,β-unsaturated/α-hetero) is 1. The molecule has 31 heavy (non-hydrogen) atoms. The predicted molar refractivity (Wildman–Crippen MR) is 119 cm³/mol. The van der Waals surface area contributed by atoms with E-state index in [9.17, 15) is 9.59 Å². The molecule has 0 atom stereocenters. The summed E-state index contributed by atoms with van der Waals surface area (Å²) in [5, 5.41) is 2.83. The first-order valence-corrected chi connectivity index (χ1v) is 9.95. The van der Waals surface area contributed by atoms with Gasteiger partial charge in [0.15, 0.2) is 5.78 Å². The zero-order valence-corrected chi connectivity index (χ0v) is 17.8. The minimum absolute atomic E-state index is 0.0610. The second-order valence-corrected chi connectivity index (χ2v) is 6.81. The van der Waals surface area contributed by atoms with Gasteiger partial charge in [-0.3, -0.25) is 9.59 Å². The number of carbonyl (C=O) groups excluding carboxylic acids is 2. The number of carbonyl (C=O) groups is 2. The Bertz CT molecular complexity index is 1080. The van der Waals surface area contributed by atoms with Gasteiger partial charge in [0.05, 0.1) is 13.7 Å². The number of benzene rings is 3. The van der Waals surface area contributed by atoms with Crippen LogP contribution in [0.25, 0.3) is 0 Å². The van der Waals surface area contributed by atoms with Crippen LogP contribution in [0.3, 0.4) is 0 Å². The fourth-order valence-corrected chi connectivity index (χ4v) is 3.00. The summed E-state index contributed by atoms with van der Waals surface area (Å²) < 4.78 is 16.8. The van der Waals surface area contributed by atoms with Crippen molar-refractivity contribution in [3.05, 3.63) is 83.4 Å². The summed E-state index contributed by atoms with van der Waals surface area (Å²) in [6.07, 6.45) is 0. The molecule has 0 heterocycles. The highest BCUT2D eigenvalue weighted by Gasteiger charge is 2.13. The molecule has 0 aliphatic carbocycles. The quantitative estimate of drug-likeness (QED) is 0.487. The van der Waals surface area contributed by atoms with Crippen LogP contribution in [-0.4, -0.2) is 25.4 Å². The number of methoxy groups -OCH3 is 1. The summed E-state index contributed by atoms with van der Waals surface area (Å²) in [5.74, 6) is 1.65. The molecule has 0 saturated heterocycles. The van der Waals surface area contributed by atoms with Crippen molar-refractivity contribution < 1.29 is 23.8 Å². The molecule has 6 heteroatoms. The molecule has 0 aromatic heterocycles. The van der Waals surface area contributed by atoms with Crippen molar-refractivity contribution >= 4 is 17.4 Å². The van der Waals surface area contributed by atoms with E-state index in [1.165, 1.54) is 6.92 Å². The van der Waals surface area contributed by atoms with E-state index in [1.54, 1.807) is 55.6 Å². The van der Waals surface area contributed by atoms with Crippen molar-refractivity contribution in [2.45, 2.75) is 20.5 Å². The molecule has 0 fully saturated rings. The fourth-order valence-electron chi connectivity index (χ4n) is 3.00. The van der Waals surface area contributed by atoms with Crippen LogP contribution in [0.4, 0.5) is 5.69 Å². The summed E-state index contributed by atoms with van der Waals surface area (Å²) in [7, 11) is 1.60. The highest BCUT2D eigenvalue weighted by atomic mass is 16.5. The number of hydrogen-bond donors (Lipinski definition) is 1. The normalized spacial score (nSPS) is 10.3. The van der Waals surface area contributed by atoms with E-state index < -0.39 is 0 Å². The summed E-state index contributed by atoms with van der Waals surface area (Å²) in [6.45, 7) is 4.11. The smallest absolute Gasteiger partial charge is 0.255 e. The minimum Gasteiger partial charge on any atom is -0.497 e. The van der Waals surface area contributed by atoms with E-state index >= 15 is 0 Å². The number of amides is 1. The van der Waals surface area contributed by atoms with Crippen LogP contribution in [-0.2, 0) is 6.61 Å². The van der Waals surface area contributed by atoms with Crippen molar-refractivity contribution in [2.75, 3.05) is 19.0 Å². The minimum atomic E-state index is -0.286. The molecule has 3 aromatic carbocycles. The third-order valence-corrected chi connectivity index (χ3v) is 4.59. The molecular weight excluding hydrogens is 394 g/mol. The molecular formula is C25H25NO5. The Balaban J connectivity index is 1.79. The van der Waals surface area contributed by atoms with Gasteiger partial charge in [0.25, 0.3) is 5.91 Å². The first-order valence-electron chi connectivity index (χ1n) is 9.95. The van der Waals surface area contributed by atoms with Crippen LogP contribution in [0.2, 0.25) is 0 Å². The average Bonchev–Trinajstić information content (AvgIpc) is 2.78. The molecule has 0 aliphatic heterocycles. The Morgan fingerprint density at radius 2 is 1.65 bits per heavy atom. The van der Waals surface area contributed by atoms with Gasteiger partial charge in [0.2, 0.25) is 0 Å². The van der Waals surface area contributed by atoms with E-state index in [1.807, 2.05) is 25.1 Å². The Morgan fingerprint density at radius 1 is 0.871 bits per heavy atom. The van der Waals surface area contributed by atoms with E-state index in [4.69, 9.17) is 14.2 Å². The Morgan fingerprint density at radius 3 is 2.39 bits per heavy atom. The molecule has 0 unspecified atom stereocenters. The molecule has 0 aliphatic rings. The lowest BCUT2D eigenvalue weighted by atomic mass is 10.1. The third-order valence-electron chi connectivity index (χ3n) is 4.59. The SMILES string of the molecule is CCOc1ccc(C(=O)Nc2cccc(C(C)=O)c2)cc1COc1cccc(OC)c1. The fraction of sp³-hybridized carbons (Fsp3) is 0.200. The van der Waals surface area contributed by atoms with Gasteiger partial charge in [-0.1, -0.05) is 18.2 Å². The zero-order chi connectivity index (χ0) is 22.2. The summed E-state index contributed by atoms with van der Waals surface area (Å²) in [5.41, 5.74) is 2.30. The maximum atomic E-state index is 12.8. The standard InChI is InChI=1S/C25H25NO5/c1-4-30-24-12-11-19(25(28)26-21-8-5-7-18(14-21)17(2)27)13-20(24)16-31-23-10-6-9-22(15-23)29-3/h5-15H,4,16H2,1-3H3,(H,26,28). The van der Waals surface area contributed by atoms with Crippen LogP contribution in [0.15, 0.2) is 66.7 Å². The van der Waals surface area contributed by atoms with Crippen molar-refractivity contribution in [3.63, 3.8) is 0 Å². The molecule has 0 bridgehead atoms. The van der Waals surface area contributed by atoms with Crippen LogP contribution in [0.1, 0.15) is 40.1 Å². The van der Waals surface area contributed by atoms with E-state index in [0.717, 1.165) is 5.56 Å². The van der Waals surface area contributed by atoms with E-state index in [-0.39, 0.29) is 18.3 Å². The van der Waals surface area contributed by atoms with Gasteiger partial charge in [0, 0.05) is 28.4 Å². The second kappa shape index (κ2) is 10.3. The van der Waals surface area contributed by atoms with Crippen molar-refractivity contribution in [1.29, 1.82) is 0 Å². The van der Waals surface area contributed by atoms with Crippen LogP contribution < -0.4 is 19.5 Å². The average molecular weight is 419 g/mol. The lowest BCUT2D eigenvalue weighted by Gasteiger charge is -2.14. The molecule has 160 valence electrons. The van der Waals surface area contributed by atoms with Gasteiger partial charge in [-0.05, 0) is 56.3 Å². The van der Waals surface area contributed by atoms with Gasteiger partial charge in [-0.15, -0.1) is 0 Å². The number of anilines is 1. The lowest BCUT2D eigenvalue weighted by Crippen LogP contribution is -2.13. The van der Waals surface area contributed by atoms with Gasteiger partial charge < -0.3 is 19.5 Å². The molecule has 6 nitrogen and oxygen atoms in total. The monoisotopic (exact) mass is 419 g/mol. The van der Waals surface area contributed by atoms with Gasteiger partial charge in [-0.2, -0.15) is 0 Å². The molecule has 3 aromatic rings. The highest BCUT2D eigenvalue weighted by Crippen LogP contribution is 2.25. The lowest BCUT2D eigenvalue weighted by molar-refractivity contribution is 0.101. The molecule has 0 radical (unpaired) electrons. The Hall–Kier alpha value is -3.80. The van der Waals surface area contributed by atoms with Crippen LogP contribution in [0.5, 0.6) is 17.2 Å². The van der Waals surface area contributed by atoms with Gasteiger partial charge >= 0.3 is 0 Å². The zero-order valence-electron chi connectivity index (χ0n) is 17.8. The number of nitrogens with one attached hydrogen (secondary N) is 1. The second-order valence-electron chi connectivity index (χ2n) is 6.81. The number of rotatable bonds is 9. The molecule has 0 saturated carbocycles. The van der Waals surface area contributed by atoms with Crippen LogP contribution in [0, 0.1) is 0 Å². The molecule has 0 spiro atoms. The predicted octanol–water partition coefficient (Wildman–Crippen LogP) is 5.13.